The molecule has 3 heterocycles. The van der Waals surface area contributed by atoms with E-state index in [1.807, 2.05) is 50.6 Å². The molecule has 0 radical (unpaired) electrons. The third-order valence-electron chi connectivity index (χ3n) is 4.23. The molecule has 3 N–H and O–H groups in total. The number of benzene rings is 1. The van der Waals surface area contributed by atoms with Crippen LogP contribution in [0.3, 0.4) is 0 Å². The summed E-state index contributed by atoms with van der Waals surface area (Å²) in [6, 6.07) is 7.95. The van der Waals surface area contributed by atoms with Crippen LogP contribution in [0.1, 0.15) is 6.92 Å². The lowest BCUT2D eigenvalue weighted by molar-refractivity contribution is 0.341. The molecular weight excluding hydrogens is 314 g/mol. The number of pyridine rings is 1. The van der Waals surface area contributed by atoms with Gasteiger partial charge in [-0.3, -0.25) is 4.68 Å². The number of aryl methyl sites for hydroxylation is 1. The zero-order valence-corrected chi connectivity index (χ0v) is 14.2. The molecule has 0 amide bonds. The summed E-state index contributed by atoms with van der Waals surface area (Å²) < 4.78 is 7.53. The van der Waals surface area contributed by atoms with Gasteiger partial charge in [-0.1, -0.05) is 18.2 Å². The second kappa shape index (κ2) is 5.98. The van der Waals surface area contributed by atoms with Gasteiger partial charge in [0.2, 0.25) is 0 Å². The lowest BCUT2D eigenvalue weighted by Gasteiger charge is -2.11. The molecule has 6 heteroatoms. The van der Waals surface area contributed by atoms with Crippen LogP contribution in [0.25, 0.3) is 33.3 Å². The summed E-state index contributed by atoms with van der Waals surface area (Å²) in [6.45, 7) is 2.58. The standard InChI is InChI=1S/C19H19N5O/c1-3-25-16-7-5-4-6-13(16)15-10-22-19-17(15)18(20)14(9-21-19)12-8-23-24(2)11-12/h4-11H,3H2,1-2H3,(H3,20,21,22). The number of rotatable bonds is 4. The molecule has 0 spiro atoms. The first-order valence-corrected chi connectivity index (χ1v) is 8.15. The van der Waals surface area contributed by atoms with Crippen LogP contribution in [0.15, 0.2) is 49.1 Å². The Morgan fingerprint density at radius 2 is 2.00 bits per heavy atom. The normalized spacial score (nSPS) is 11.1. The average molecular weight is 333 g/mol. The number of hydrogen-bond acceptors (Lipinski definition) is 4. The monoisotopic (exact) mass is 333 g/mol. The van der Waals surface area contributed by atoms with Gasteiger partial charge in [-0.15, -0.1) is 0 Å². The van der Waals surface area contributed by atoms with Crippen molar-refractivity contribution in [3.63, 3.8) is 0 Å². The predicted molar refractivity (Wildman–Crippen MR) is 99.3 cm³/mol. The van der Waals surface area contributed by atoms with E-state index in [9.17, 15) is 0 Å². The molecule has 4 aromatic rings. The van der Waals surface area contributed by atoms with Gasteiger partial charge < -0.3 is 15.5 Å². The van der Waals surface area contributed by atoms with Crippen molar-refractivity contribution in [1.82, 2.24) is 19.7 Å². The Bertz CT molecular complexity index is 1050. The molecule has 0 bridgehead atoms. The number of fused-ring (bicyclic) bond motifs is 1. The van der Waals surface area contributed by atoms with Crippen molar-refractivity contribution in [3.8, 4) is 28.0 Å². The number of nitrogens with zero attached hydrogens (tertiary/aromatic N) is 3. The summed E-state index contributed by atoms with van der Waals surface area (Å²) in [5.41, 5.74) is 11.8. The fourth-order valence-electron chi connectivity index (χ4n) is 3.09. The highest BCUT2D eigenvalue weighted by atomic mass is 16.5. The first kappa shape index (κ1) is 15.3. The summed E-state index contributed by atoms with van der Waals surface area (Å²) in [7, 11) is 1.88. The van der Waals surface area contributed by atoms with Crippen molar-refractivity contribution < 1.29 is 4.74 Å². The highest BCUT2D eigenvalue weighted by molar-refractivity contribution is 6.06. The van der Waals surface area contributed by atoms with Gasteiger partial charge in [0.15, 0.2) is 0 Å². The molecule has 0 aliphatic heterocycles. The van der Waals surface area contributed by atoms with Gasteiger partial charge in [0.1, 0.15) is 11.4 Å². The Hall–Kier alpha value is -3.28. The van der Waals surface area contributed by atoms with E-state index in [0.29, 0.717) is 12.3 Å². The quantitative estimate of drug-likeness (QED) is 0.598. The maximum atomic E-state index is 6.53. The molecular formula is C19H19N5O. The van der Waals surface area contributed by atoms with Crippen LogP contribution in [0.2, 0.25) is 0 Å². The van der Waals surface area contributed by atoms with Crippen molar-refractivity contribution in [3.05, 3.63) is 49.1 Å². The Morgan fingerprint density at radius 1 is 1.16 bits per heavy atom. The van der Waals surface area contributed by atoms with E-state index in [1.165, 1.54) is 0 Å². The zero-order chi connectivity index (χ0) is 17.4. The molecule has 0 aliphatic rings. The Kier molecular flexibility index (Phi) is 3.65. The largest absolute Gasteiger partial charge is 0.493 e. The number of hydrogen-bond donors (Lipinski definition) is 2. The summed E-state index contributed by atoms with van der Waals surface area (Å²) in [5, 5.41) is 5.12. The van der Waals surface area contributed by atoms with E-state index in [2.05, 4.69) is 15.1 Å². The maximum Gasteiger partial charge on any atom is 0.139 e. The topological polar surface area (TPSA) is 81.8 Å². The molecule has 0 fully saturated rings. The maximum absolute atomic E-state index is 6.53. The molecule has 1 aromatic carbocycles. The van der Waals surface area contributed by atoms with Crippen LogP contribution in [-0.4, -0.2) is 26.4 Å². The second-order valence-electron chi connectivity index (χ2n) is 5.84. The van der Waals surface area contributed by atoms with Crippen molar-refractivity contribution >= 4 is 16.7 Å². The van der Waals surface area contributed by atoms with E-state index >= 15 is 0 Å². The van der Waals surface area contributed by atoms with Gasteiger partial charge in [-0.2, -0.15) is 5.10 Å². The van der Waals surface area contributed by atoms with Crippen molar-refractivity contribution in [2.24, 2.45) is 7.05 Å². The molecule has 0 atom stereocenters. The SMILES string of the molecule is CCOc1ccccc1-c1c[nH]c2ncc(-c3cnn(C)c3)c(N)c12. The number of nitrogen functional groups attached to an aromatic ring is 1. The smallest absolute Gasteiger partial charge is 0.139 e. The van der Waals surface area contributed by atoms with E-state index in [-0.39, 0.29) is 0 Å². The minimum absolute atomic E-state index is 0.605. The Balaban J connectivity index is 1.95. The number of nitrogens with two attached hydrogens (primary N) is 1. The third-order valence-corrected chi connectivity index (χ3v) is 4.23. The van der Waals surface area contributed by atoms with Crippen LogP contribution in [0, 0.1) is 0 Å². The first-order chi connectivity index (χ1) is 12.2. The zero-order valence-electron chi connectivity index (χ0n) is 14.2. The third kappa shape index (κ3) is 2.52. The molecule has 25 heavy (non-hydrogen) atoms. The Morgan fingerprint density at radius 3 is 2.76 bits per heavy atom. The number of nitrogens with one attached hydrogen (secondary N) is 1. The van der Waals surface area contributed by atoms with E-state index < -0.39 is 0 Å². The molecule has 0 unspecified atom stereocenters. The predicted octanol–water partition coefficient (Wildman–Crippen LogP) is 3.61. The van der Waals surface area contributed by atoms with Crippen molar-refractivity contribution in [1.29, 1.82) is 0 Å². The summed E-state index contributed by atoms with van der Waals surface area (Å²) >= 11 is 0. The van der Waals surface area contributed by atoms with Gasteiger partial charge in [-0.25, -0.2) is 4.98 Å². The lowest BCUT2D eigenvalue weighted by atomic mass is 10.0. The van der Waals surface area contributed by atoms with Crippen LogP contribution < -0.4 is 10.5 Å². The second-order valence-corrected chi connectivity index (χ2v) is 5.84. The van der Waals surface area contributed by atoms with Crippen molar-refractivity contribution in [2.75, 3.05) is 12.3 Å². The van der Waals surface area contributed by atoms with Crippen LogP contribution in [0.4, 0.5) is 5.69 Å². The number of ether oxygens (including phenoxy) is 1. The van der Waals surface area contributed by atoms with Gasteiger partial charge in [0, 0.05) is 47.9 Å². The van der Waals surface area contributed by atoms with Gasteiger partial charge in [0.25, 0.3) is 0 Å². The molecule has 4 rings (SSSR count). The number of aromatic nitrogens is 4. The average Bonchev–Trinajstić information content (AvgIpc) is 3.23. The number of H-pyrrole nitrogens is 1. The molecule has 3 aromatic heterocycles. The molecule has 0 saturated heterocycles. The highest BCUT2D eigenvalue weighted by Crippen LogP contribution is 2.40. The minimum Gasteiger partial charge on any atom is -0.493 e. The molecule has 0 aliphatic carbocycles. The number of anilines is 1. The van der Waals surface area contributed by atoms with E-state index in [4.69, 9.17) is 10.5 Å². The minimum atomic E-state index is 0.605. The fraction of sp³-hybridized carbons (Fsp3) is 0.158. The van der Waals surface area contributed by atoms with Crippen LogP contribution in [0.5, 0.6) is 5.75 Å². The lowest BCUT2D eigenvalue weighted by Crippen LogP contribution is -1.95. The van der Waals surface area contributed by atoms with Gasteiger partial charge in [0.05, 0.1) is 23.9 Å². The summed E-state index contributed by atoms with van der Waals surface area (Å²) in [5.74, 6) is 0.831. The number of para-hydroxylation sites is 1. The van der Waals surface area contributed by atoms with Gasteiger partial charge in [-0.05, 0) is 13.0 Å². The first-order valence-electron chi connectivity index (χ1n) is 8.15. The summed E-state index contributed by atoms with van der Waals surface area (Å²) in [6.07, 6.45) is 7.43. The Labute approximate surface area is 145 Å². The van der Waals surface area contributed by atoms with E-state index in [1.54, 1.807) is 17.1 Å². The number of aromatic amines is 1. The van der Waals surface area contributed by atoms with Crippen LogP contribution >= 0.6 is 0 Å². The van der Waals surface area contributed by atoms with E-state index in [0.717, 1.165) is 39.0 Å². The van der Waals surface area contributed by atoms with Gasteiger partial charge >= 0.3 is 0 Å². The summed E-state index contributed by atoms with van der Waals surface area (Å²) in [4.78, 5) is 7.75. The fourth-order valence-corrected chi connectivity index (χ4v) is 3.09. The van der Waals surface area contributed by atoms with Crippen LogP contribution in [-0.2, 0) is 7.05 Å². The highest BCUT2D eigenvalue weighted by Gasteiger charge is 2.17. The molecule has 0 saturated carbocycles. The molecule has 126 valence electrons. The molecule has 6 nitrogen and oxygen atoms in total. The van der Waals surface area contributed by atoms with Crippen molar-refractivity contribution in [2.45, 2.75) is 6.92 Å².